The number of allylic oxidation sites excluding steroid dienone is 1. The van der Waals surface area contributed by atoms with Crippen molar-refractivity contribution in [3.63, 3.8) is 0 Å². The first-order valence-corrected chi connectivity index (χ1v) is 6.92. The molecular weight excluding hydrogens is 408 g/mol. The second-order valence-corrected chi connectivity index (χ2v) is 5.00. The molecule has 0 heterocycles. The van der Waals surface area contributed by atoms with E-state index in [-0.39, 0.29) is 30.0 Å². The molecule has 1 rings (SSSR count). The molecule has 0 amide bonds. The highest BCUT2D eigenvalue weighted by Crippen LogP contribution is 2.25. The largest absolute Gasteiger partial charge is 0.370 e. The fourth-order valence-electron chi connectivity index (χ4n) is 1.62. The van der Waals surface area contributed by atoms with Crippen molar-refractivity contribution < 1.29 is 0 Å². The number of nitrogens with zero attached hydrogens (tertiary/aromatic N) is 1. The Kier molecular flexibility index (Phi) is 10.1. The third kappa shape index (κ3) is 6.81. The summed E-state index contributed by atoms with van der Waals surface area (Å²) in [6.07, 6.45) is 4.93. The van der Waals surface area contributed by atoms with Crippen LogP contribution in [0.25, 0.3) is 0 Å². The van der Waals surface area contributed by atoms with Crippen molar-refractivity contribution >= 4 is 53.1 Å². The van der Waals surface area contributed by atoms with Crippen LogP contribution in [0.5, 0.6) is 0 Å². The highest BCUT2D eigenvalue weighted by Gasteiger charge is 2.10. The Morgan fingerprint density at radius 2 is 2.15 bits per heavy atom. The summed E-state index contributed by atoms with van der Waals surface area (Å²) in [5.74, 6) is 0.419. The lowest BCUT2D eigenvalue weighted by atomic mass is 10.1. The number of hydrogen-bond donors (Lipinski definition) is 2. The van der Waals surface area contributed by atoms with Crippen molar-refractivity contribution in [3.05, 3.63) is 46.0 Å². The standard InChI is InChI=1S/C14H19Cl2N3.HI/c1-3-4-5-8-18-14(17)19-10(2)12-7-6-11(15)9-13(12)16;/h3-4,6-7,9-10H,5,8H2,1-2H3,(H3,17,18,19);1H/b4-3+;. The van der Waals surface area contributed by atoms with E-state index in [4.69, 9.17) is 28.9 Å². The third-order valence-electron chi connectivity index (χ3n) is 2.61. The number of nitrogens with one attached hydrogen (secondary N) is 1. The smallest absolute Gasteiger partial charge is 0.189 e. The quantitative estimate of drug-likeness (QED) is 0.238. The van der Waals surface area contributed by atoms with Gasteiger partial charge in [0, 0.05) is 16.6 Å². The van der Waals surface area contributed by atoms with Gasteiger partial charge in [0.2, 0.25) is 0 Å². The van der Waals surface area contributed by atoms with Gasteiger partial charge in [0.25, 0.3) is 0 Å². The van der Waals surface area contributed by atoms with Crippen LogP contribution >= 0.6 is 47.2 Å². The molecule has 0 aliphatic carbocycles. The number of aliphatic imine (C=N–C) groups is 1. The molecule has 0 saturated carbocycles. The van der Waals surface area contributed by atoms with Crippen molar-refractivity contribution in [1.82, 2.24) is 5.32 Å². The van der Waals surface area contributed by atoms with E-state index in [1.165, 1.54) is 0 Å². The van der Waals surface area contributed by atoms with Crippen LogP contribution in [0, 0.1) is 0 Å². The van der Waals surface area contributed by atoms with Crippen LogP contribution in [0.15, 0.2) is 35.3 Å². The summed E-state index contributed by atoms with van der Waals surface area (Å²) < 4.78 is 0. The first kappa shape index (κ1) is 19.5. The van der Waals surface area contributed by atoms with Crippen LogP contribution in [-0.4, -0.2) is 12.5 Å². The molecule has 0 spiro atoms. The molecule has 6 heteroatoms. The molecule has 3 nitrogen and oxygen atoms in total. The summed E-state index contributed by atoms with van der Waals surface area (Å²) in [5, 5.41) is 4.35. The molecule has 0 aromatic heterocycles. The van der Waals surface area contributed by atoms with Crippen LogP contribution in [0.3, 0.4) is 0 Å². The van der Waals surface area contributed by atoms with Gasteiger partial charge in [-0.2, -0.15) is 0 Å². The minimum absolute atomic E-state index is 0. The molecule has 0 bridgehead atoms. The van der Waals surface area contributed by atoms with Gasteiger partial charge < -0.3 is 11.1 Å². The van der Waals surface area contributed by atoms with Crippen molar-refractivity contribution in [2.75, 3.05) is 6.54 Å². The van der Waals surface area contributed by atoms with E-state index in [0.29, 0.717) is 22.5 Å². The second kappa shape index (κ2) is 10.3. The van der Waals surface area contributed by atoms with Crippen molar-refractivity contribution in [2.45, 2.75) is 26.3 Å². The van der Waals surface area contributed by atoms with E-state index in [9.17, 15) is 0 Å². The minimum Gasteiger partial charge on any atom is -0.370 e. The Balaban J connectivity index is 0.00000361. The summed E-state index contributed by atoms with van der Waals surface area (Å²) in [5.41, 5.74) is 6.76. The van der Waals surface area contributed by atoms with E-state index >= 15 is 0 Å². The first-order valence-electron chi connectivity index (χ1n) is 6.17. The van der Waals surface area contributed by atoms with E-state index in [1.54, 1.807) is 12.1 Å². The summed E-state index contributed by atoms with van der Waals surface area (Å²) in [6, 6.07) is 5.39. The lowest BCUT2D eigenvalue weighted by Gasteiger charge is -2.16. The molecule has 0 aliphatic rings. The zero-order valence-corrected chi connectivity index (χ0v) is 15.4. The molecule has 112 valence electrons. The van der Waals surface area contributed by atoms with Crippen LogP contribution < -0.4 is 11.1 Å². The van der Waals surface area contributed by atoms with Gasteiger partial charge in [0.15, 0.2) is 5.96 Å². The molecule has 1 aromatic rings. The maximum atomic E-state index is 6.14. The van der Waals surface area contributed by atoms with Crippen LogP contribution in [-0.2, 0) is 0 Å². The number of hydrogen-bond acceptors (Lipinski definition) is 1. The van der Waals surface area contributed by atoms with Gasteiger partial charge in [-0.25, -0.2) is 0 Å². The normalized spacial score (nSPS) is 13.1. The monoisotopic (exact) mass is 427 g/mol. The molecule has 3 N–H and O–H groups in total. The highest BCUT2D eigenvalue weighted by molar-refractivity contribution is 14.0. The van der Waals surface area contributed by atoms with Crippen molar-refractivity contribution in [1.29, 1.82) is 0 Å². The molecule has 0 aliphatic heterocycles. The molecule has 0 fully saturated rings. The van der Waals surface area contributed by atoms with Gasteiger partial charge in [0.1, 0.15) is 0 Å². The molecule has 1 unspecified atom stereocenters. The zero-order chi connectivity index (χ0) is 14.3. The number of rotatable bonds is 5. The predicted molar refractivity (Wildman–Crippen MR) is 99.3 cm³/mol. The number of nitrogens with two attached hydrogens (primary N) is 1. The van der Waals surface area contributed by atoms with Crippen molar-refractivity contribution in [2.24, 2.45) is 10.7 Å². The number of guanidine groups is 1. The van der Waals surface area contributed by atoms with Gasteiger partial charge in [0.05, 0.1) is 6.04 Å². The Morgan fingerprint density at radius 3 is 2.75 bits per heavy atom. The van der Waals surface area contributed by atoms with E-state index in [2.05, 4.69) is 16.4 Å². The fourth-order valence-corrected chi connectivity index (χ4v) is 2.20. The van der Waals surface area contributed by atoms with Gasteiger partial charge in [-0.15, -0.1) is 24.0 Å². The highest BCUT2D eigenvalue weighted by atomic mass is 127. The van der Waals surface area contributed by atoms with Gasteiger partial charge >= 0.3 is 0 Å². The Hall–Kier alpha value is -0.460. The Morgan fingerprint density at radius 1 is 1.45 bits per heavy atom. The number of halogens is 3. The predicted octanol–water partition coefficient (Wildman–Crippen LogP) is 4.54. The molecule has 0 saturated heterocycles. The maximum absolute atomic E-state index is 6.14. The average Bonchev–Trinajstić information content (AvgIpc) is 2.34. The van der Waals surface area contributed by atoms with Crippen molar-refractivity contribution in [3.8, 4) is 0 Å². The fraction of sp³-hybridized carbons (Fsp3) is 0.357. The zero-order valence-electron chi connectivity index (χ0n) is 11.6. The van der Waals surface area contributed by atoms with Gasteiger partial charge in [-0.3, -0.25) is 4.99 Å². The summed E-state index contributed by atoms with van der Waals surface area (Å²) in [4.78, 5) is 4.24. The lowest BCUT2D eigenvalue weighted by Crippen LogP contribution is -2.34. The molecule has 1 atom stereocenters. The topological polar surface area (TPSA) is 50.4 Å². The summed E-state index contributed by atoms with van der Waals surface area (Å²) in [6.45, 7) is 4.63. The van der Waals surface area contributed by atoms with Gasteiger partial charge in [-0.05, 0) is 38.0 Å². The molecule has 1 aromatic carbocycles. The second-order valence-electron chi connectivity index (χ2n) is 4.16. The van der Waals surface area contributed by atoms with Crippen LogP contribution in [0.1, 0.15) is 31.9 Å². The minimum atomic E-state index is -0.0183. The maximum Gasteiger partial charge on any atom is 0.189 e. The van der Waals surface area contributed by atoms with Crippen LogP contribution in [0.2, 0.25) is 10.0 Å². The average molecular weight is 428 g/mol. The third-order valence-corrected chi connectivity index (χ3v) is 3.17. The molecular formula is C14H20Cl2IN3. The van der Waals surface area contributed by atoms with Gasteiger partial charge in [-0.1, -0.05) is 41.4 Å². The van der Waals surface area contributed by atoms with E-state index < -0.39 is 0 Å². The number of benzene rings is 1. The lowest BCUT2D eigenvalue weighted by molar-refractivity contribution is 0.708. The summed E-state index contributed by atoms with van der Waals surface area (Å²) in [7, 11) is 0. The first-order chi connectivity index (χ1) is 9.04. The van der Waals surface area contributed by atoms with E-state index in [0.717, 1.165) is 12.0 Å². The molecule has 20 heavy (non-hydrogen) atoms. The van der Waals surface area contributed by atoms with E-state index in [1.807, 2.05) is 26.0 Å². The Bertz CT molecular complexity index is 475. The molecule has 0 radical (unpaired) electrons. The summed E-state index contributed by atoms with van der Waals surface area (Å²) >= 11 is 12.0. The Labute approximate surface area is 147 Å². The van der Waals surface area contributed by atoms with Crippen LogP contribution in [0.4, 0.5) is 0 Å². The SMILES string of the molecule is C/C=C/CCN=C(N)NC(C)c1ccc(Cl)cc1Cl.I.